The largest absolute Gasteiger partial charge is 0.416 e. The number of carbonyl (C=O) groups excluding carboxylic acids is 1. The minimum absolute atomic E-state index is 0.187. The van der Waals surface area contributed by atoms with Crippen molar-refractivity contribution in [3.63, 3.8) is 0 Å². The number of carbonyl (C=O) groups is 1. The van der Waals surface area contributed by atoms with E-state index in [1.54, 1.807) is 18.3 Å². The molecule has 1 aliphatic heterocycles. The lowest BCUT2D eigenvalue weighted by molar-refractivity contribution is -0.138. The summed E-state index contributed by atoms with van der Waals surface area (Å²) in [5.41, 5.74) is 0.148. The van der Waals surface area contributed by atoms with Gasteiger partial charge in [0.1, 0.15) is 0 Å². The third-order valence-electron chi connectivity index (χ3n) is 5.46. The fourth-order valence-corrected chi connectivity index (χ4v) is 3.56. The highest BCUT2D eigenvalue weighted by Crippen LogP contribution is 2.32. The molecule has 0 N–H and O–H groups in total. The molecule has 8 heteroatoms. The normalized spacial score (nSPS) is 18.1. The van der Waals surface area contributed by atoms with E-state index >= 15 is 0 Å². The fraction of sp³-hybridized carbons (Fsp3) is 0.450. The van der Waals surface area contributed by atoms with Gasteiger partial charge in [-0.3, -0.25) is 4.79 Å². The van der Waals surface area contributed by atoms with Crippen LogP contribution in [0, 0.1) is 5.92 Å². The van der Waals surface area contributed by atoms with Crippen LogP contribution in [-0.2, 0) is 11.0 Å². The van der Waals surface area contributed by atoms with E-state index in [9.17, 15) is 18.0 Å². The number of piperazine rings is 1. The molecule has 2 heterocycles. The van der Waals surface area contributed by atoms with Crippen LogP contribution in [0.4, 0.5) is 19.1 Å². The van der Waals surface area contributed by atoms with Gasteiger partial charge in [0.25, 0.3) is 0 Å². The van der Waals surface area contributed by atoms with Gasteiger partial charge in [0.05, 0.1) is 11.3 Å². The Hall–Kier alpha value is -2.64. The molecule has 1 aromatic heterocycles. The van der Waals surface area contributed by atoms with Crippen molar-refractivity contribution in [1.82, 2.24) is 14.9 Å². The number of anilines is 1. The minimum Gasteiger partial charge on any atom is -0.339 e. The second kappa shape index (κ2) is 7.41. The van der Waals surface area contributed by atoms with Crippen molar-refractivity contribution in [3.05, 3.63) is 42.1 Å². The van der Waals surface area contributed by atoms with Crippen molar-refractivity contribution in [2.24, 2.45) is 5.92 Å². The smallest absolute Gasteiger partial charge is 0.339 e. The van der Waals surface area contributed by atoms with Crippen LogP contribution in [0.2, 0.25) is 0 Å². The number of benzene rings is 1. The standard InChI is InChI=1S/C20H21F3N4O/c21-20(22,23)16-6-2-5-15(13-16)17-7-8-24-19(25-17)27-11-9-26(10-12-27)18(28)14-3-1-4-14/h2,5-8,13-14H,1,3-4,9-12H2. The Morgan fingerprint density at radius 1 is 1.07 bits per heavy atom. The molecule has 1 aromatic carbocycles. The molecule has 1 saturated carbocycles. The first-order valence-electron chi connectivity index (χ1n) is 9.46. The Morgan fingerprint density at radius 3 is 2.46 bits per heavy atom. The molecular weight excluding hydrogens is 369 g/mol. The Kier molecular flexibility index (Phi) is 4.95. The van der Waals surface area contributed by atoms with Gasteiger partial charge in [-0.15, -0.1) is 0 Å². The zero-order valence-corrected chi connectivity index (χ0v) is 15.3. The number of rotatable bonds is 3. The third-order valence-corrected chi connectivity index (χ3v) is 5.46. The molecule has 1 aliphatic carbocycles. The van der Waals surface area contributed by atoms with E-state index in [1.165, 1.54) is 6.07 Å². The molecule has 1 amide bonds. The molecule has 0 bridgehead atoms. The number of amides is 1. The first kappa shape index (κ1) is 18.7. The molecular formula is C20H21F3N4O. The summed E-state index contributed by atoms with van der Waals surface area (Å²) in [5, 5.41) is 0. The summed E-state index contributed by atoms with van der Waals surface area (Å²) >= 11 is 0. The average Bonchev–Trinajstić information content (AvgIpc) is 2.66. The van der Waals surface area contributed by atoms with Crippen LogP contribution in [-0.4, -0.2) is 47.0 Å². The maximum atomic E-state index is 13.0. The Morgan fingerprint density at radius 2 is 1.82 bits per heavy atom. The maximum Gasteiger partial charge on any atom is 0.416 e. The quantitative estimate of drug-likeness (QED) is 0.803. The van der Waals surface area contributed by atoms with Crippen LogP contribution in [0.15, 0.2) is 36.5 Å². The lowest BCUT2D eigenvalue weighted by Crippen LogP contribution is -2.51. The van der Waals surface area contributed by atoms with Gasteiger partial charge in [-0.05, 0) is 31.0 Å². The molecule has 0 spiro atoms. The van der Waals surface area contributed by atoms with E-state index in [-0.39, 0.29) is 11.8 Å². The minimum atomic E-state index is -4.39. The molecule has 5 nitrogen and oxygen atoms in total. The summed E-state index contributed by atoms with van der Waals surface area (Å²) < 4.78 is 38.9. The molecule has 0 atom stereocenters. The number of hydrogen-bond donors (Lipinski definition) is 0. The Balaban J connectivity index is 1.47. The summed E-state index contributed by atoms with van der Waals surface area (Å²) in [6.45, 7) is 2.47. The molecule has 2 fully saturated rings. The van der Waals surface area contributed by atoms with Gasteiger partial charge in [-0.25, -0.2) is 9.97 Å². The second-order valence-corrected chi connectivity index (χ2v) is 7.26. The van der Waals surface area contributed by atoms with Crippen molar-refractivity contribution < 1.29 is 18.0 Å². The van der Waals surface area contributed by atoms with E-state index in [1.807, 2.05) is 9.80 Å². The van der Waals surface area contributed by atoms with E-state index in [2.05, 4.69) is 9.97 Å². The molecule has 4 rings (SSSR count). The Labute approximate surface area is 161 Å². The lowest BCUT2D eigenvalue weighted by Gasteiger charge is -2.38. The summed E-state index contributed by atoms with van der Waals surface area (Å²) in [6.07, 6.45) is 0.272. The van der Waals surface area contributed by atoms with Crippen LogP contribution in [0.1, 0.15) is 24.8 Å². The number of alkyl halides is 3. The van der Waals surface area contributed by atoms with Crippen LogP contribution < -0.4 is 4.90 Å². The topological polar surface area (TPSA) is 49.3 Å². The molecule has 2 aromatic rings. The number of halogens is 3. The van der Waals surface area contributed by atoms with Gasteiger partial charge >= 0.3 is 6.18 Å². The molecule has 2 aliphatic rings. The highest BCUT2D eigenvalue weighted by atomic mass is 19.4. The first-order valence-corrected chi connectivity index (χ1v) is 9.46. The zero-order chi connectivity index (χ0) is 19.7. The van der Waals surface area contributed by atoms with Gasteiger partial charge in [0.2, 0.25) is 11.9 Å². The predicted molar refractivity (Wildman–Crippen MR) is 98.6 cm³/mol. The molecule has 0 unspecified atom stereocenters. The van der Waals surface area contributed by atoms with Crippen molar-refractivity contribution in [2.75, 3.05) is 31.1 Å². The van der Waals surface area contributed by atoms with Crippen LogP contribution >= 0.6 is 0 Å². The highest BCUT2D eigenvalue weighted by molar-refractivity contribution is 5.79. The fourth-order valence-electron chi connectivity index (χ4n) is 3.56. The van der Waals surface area contributed by atoms with Crippen LogP contribution in [0.25, 0.3) is 11.3 Å². The number of nitrogens with zero attached hydrogens (tertiary/aromatic N) is 4. The van der Waals surface area contributed by atoms with E-state index < -0.39 is 11.7 Å². The number of aromatic nitrogens is 2. The molecule has 28 heavy (non-hydrogen) atoms. The zero-order valence-electron chi connectivity index (χ0n) is 15.3. The summed E-state index contributed by atoms with van der Waals surface area (Å²) in [5.74, 6) is 0.905. The predicted octanol–water partition coefficient (Wildman–Crippen LogP) is 3.61. The van der Waals surface area contributed by atoms with Crippen molar-refractivity contribution >= 4 is 11.9 Å². The molecule has 0 radical (unpaired) electrons. The van der Waals surface area contributed by atoms with Gasteiger partial charge < -0.3 is 9.80 Å². The van der Waals surface area contributed by atoms with Gasteiger partial charge in [0.15, 0.2) is 0 Å². The monoisotopic (exact) mass is 390 g/mol. The van der Waals surface area contributed by atoms with Crippen molar-refractivity contribution in [2.45, 2.75) is 25.4 Å². The number of hydrogen-bond acceptors (Lipinski definition) is 4. The van der Waals surface area contributed by atoms with E-state index in [0.717, 1.165) is 31.4 Å². The van der Waals surface area contributed by atoms with E-state index in [0.29, 0.717) is 43.4 Å². The summed E-state index contributed by atoms with van der Waals surface area (Å²) in [6, 6.07) is 6.74. The van der Waals surface area contributed by atoms with Crippen LogP contribution in [0.3, 0.4) is 0 Å². The Bertz CT molecular complexity index is 859. The van der Waals surface area contributed by atoms with Gasteiger partial charge in [-0.1, -0.05) is 18.6 Å². The lowest BCUT2D eigenvalue weighted by atomic mass is 9.84. The van der Waals surface area contributed by atoms with Gasteiger partial charge in [0, 0.05) is 43.9 Å². The van der Waals surface area contributed by atoms with Gasteiger partial charge in [-0.2, -0.15) is 13.2 Å². The SMILES string of the molecule is O=C(C1CCC1)N1CCN(c2nccc(-c3cccc(C(F)(F)F)c3)n2)CC1. The molecule has 1 saturated heterocycles. The second-order valence-electron chi connectivity index (χ2n) is 7.26. The van der Waals surface area contributed by atoms with Crippen molar-refractivity contribution in [3.8, 4) is 11.3 Å². The van der Waals surface area contributed by atoms with Crippen LogP contribution in [0.5, 0.6) is 0 Å². The third kappa shape index (κ3) is 3.81. The summed E-state index contributed by atoms with van der Waals surface area (Å²) in [4.78, 5) is 25.0. The van der Waals surface area contributed by atoms with Crippen molar-refractivity contribution in [1.29, 1.82) is 0 Å². The summed E-state index contributed by atoms with van der Waals surface area (Å²) in [7, 11) is 0. The average molecular weight is 390 g/mol. The highest BCUT2D eigenvalue weighted by Gasteiger charge is 2.32. The maximum absolute atomic E-state index is 13.0. The van der Waals surface area contributed by atoms with E-state index in [4.69, 9.17) is 0 Å². The molecule has 148 valence electrons. The first-order chi connectivity index (χ1) is 13.4.